The summed E-state index contributed by atoms with van der Waals surface area (Å²) in [6.45, 7) is 2.66. The molecule has 1 heterocycles. The van der Waals surface area contributed by atoms with E-state index >= 15 is 0 Å². The lowest BCUT2D eigenvalue weighted by molar-refractivity contribution is -0.145. The zero-order valence-corrected chi connectivity index (χ0v) is 12.4. The molecule has 1 aromatic carbocycles. The fraction of sp³-hybridized carbons (Fsp3) is 0.429. The van der Waals surface area contributed by atoms with Crippen LogP contribution < -0.4 is 5.32 Å². The van der Waals surface area contributed by atoms with E-state index in [1.165, 1.54) is 0 Å². The molecule has 1 fully saturated rings. The maximum atomic E-state index is 12.1. The van der Waals surface area contributed by atoms with Crippen LogP contribution in [0.1, 0.15) is 26.2 Å². The van der Waals surface area contributed by atoms with Crippen molar-refractivity contribution in [1.82, 2.24) is 4.90 Å². The molecule has 1 aromatic rings. The molecular weight excluding hydrogens is 308 g/mol. The Balaban J connectivity index is 2.03. The van der Waals surface area contributed by atoms with Gasteiger partial charge in [0.05, 0.1) is 5.69 Å². The smallest absolute Gasteiger partial charge is 0.313 e. The summed E-state index contributed by atoms with van der Waals surface area (Å²) < 4.78 is 0.767. The van der Waals surface area contributed by atoms with Gasteiger partial charge in [-0.05, 0) is 54.2 Å². The molecule has 2 rings (SSSR count). The van der Waals surface area contributed by atoms with Gasteiger partial charge in [0.15, 0.2) is 0 Å². The molecule has 0 radical (unpaired) electrons. The Kier molecular flexibility index (Phi) is 4.58. The number of nitrogens with one attached hydrogen (secondary N) is 1. The lowest BCUT2D eigenvalue weighted by Crippen LogP contribution is -2.47. The molecule has 102 valence electrons. The van der Waals surface area contributed by atoms with Gasteiger partial charge in [-0.2, -0.15) is 0 Å². The van der Waals surface area contributed by atoms with Crippen molar-refractivity contribution in [3.63, 3.8) is 0 Å². The van der Waals surface area contributed by atoms with Crippen molar-refractivity contribution in [3.8, 4) is 0 Å². The van der Waals surface area contributed by atoms with Gasteiger partial charge in [0.25, 0.3) is 0 Å². The maximum absolute atomic E-state index is 12.1. The van der Waals surface area contributed by atoms with Crippen molar-refractivity contribution in [2.24, 2.45) is 0 Å². The van der Waals surface area contributed by atoms with E-state index in [4.69, 9.17) is 0 Å². The van der Waals surface area contributed by atoms with Gasteiger partial charge in [0, 0.05) is 17.1 Å². The summed E-state index contributed by atoms with van der Waals surface area (Å²) in [5.41, 5.74) is 0.616. The number of rotatable bonds is 1. The predicted octanol–water partition coefficient (Wildman–Crippen LogP) is 2.79. The van der Waals surface area contributed by atoms with Crippen LogP contribution in [0.3, 0.4) is 0 Å². The number of hydrogen-bond donors (Lipinski definition) is 1. The van der Waals surface area contributed by atoms with Gasteiger partial charge < -0.3 is 10.2 Å². The summed E-state index contributed by atoms with van der Waals surface area (Å²) in [6.07, 6.45) is 3.06. The fourth-order valence-electron chi connectivity index (χ4n) is 2.27. The molecule has 0 aromatic heterocycles. The van der Waals surface area contributed by atoms with Crippen molar-refractivity contribution in [1.29, 1.82) is 0 Å². The molecule has 5 heteroatoms. The molecule has 1 unspecified atom stereocenters. The lowest BCUT2D eigenvalue weighted by atomic mass is 10.0. The van der Waals surface area contributed by atoms with Gasteiger partial charge in [0.2, 0.25) is 0 Å². The van der Waals surface area contributed by atoms with E-state index in [1.807, 2.05) is 25.1 Å². The van der Waals surface area contributed by atoms with Gasteiger partial charge >= 0.3 is 11.8 Å². The Morgan fingerprint density at radius 1 is 1.32 bits per heavy atom. The van der Waals surface area contributed by atoms with Crippen LogP contribution >= 0.6 is 15.9 Å². The summed E-state index contributed by atoms with van der Waals surface area (Å²) in [4.78, 5) is 25.8. The SMILES string of the molecule is CC1CCCCN1C(=O)C(=O)Nc1ccccc1Br. The molecule has 2 amide bonds. The summed E-state index contributed by atoms with van der Waals surface area (Å²) >= 11 is 3.34. The minimum absolute atomic E-state index is 0.145. The van der Waals surface area contributed by atoms with E-state index < -0.39 is 11.8 Å². The van der Waals surface area contributed by atoms with Crippen LogP contribution in [-0.4, -0.2) is 29.3 Å². The summed E-state index contributed by atoms with van der Waals surface area (Å²) in [7, 11) is 0. The van der Waals surface area contributed by atoms with E-state index in [9.17, 15) is 9.59 Å². The third-order valence-corrected chi connectivity index (χ3v) is 4.07. The maximum Gasteiger partial charge on any atom is 0.313 e. The monoisotopic (exact) mass is 324 g/mol. The Morgan fingerprint density at radius 2 is 2.05 bits per heavy atom. The Hall–Kier alpha value is -1.36. The molecule has 1 atom stereocenters. The van der Waals surface area contributed by atoms with Crippen LogP contribution in [0.5, 0.6) is 0 Å². The number of likely N-dealkylation sites (tertiary alicyclic amines) is 1. The number of carbonyl (C=O) groups is 2. The first-order valence-corrected chi connectivity index (χ1v) is 7.25. The zero-order chi connectivity index (χ0) is 13.8. The van der Waals surface area contributed by atoms with Crippen molar-refractivity contribution in [2.45, 2.75) is 32.2 Å². The Labute approximate surface area is 121 Å². The van der Waals surface area contributed by atoms with Crippen molar-refractivity contribution in [2.75, 3.05) is 11.9 Å². The molecular formula is C14H17BrN2O2. The normalized spacial score (nSPS) is 19.1. The number of benzene rings is 1. The number of piperidine rings is 1. The highest BCUT2D eigenvalue weighted by Gasteiger charge is 2.28. The van der Waals surface area contributed by atoms with Crippen LogP contribution in [0.15, 0.2) is 28.7 Å². The molecule has 1 saturated heterocycles. The standard InChI is InChI=1S/C14H17BrN2O2/c1-10-6-4-5-9-17(10)14(19)13(18)16-12-8-3-2-7-11(12)15/h2-3,7-8,10H,4-6,9H2,1H3,(H,16,18). The molecule has 0 saturated carbocycles. The number of anilines is 1. The quantitative estimate of drug-likeness (QED) is 0.807. The molecule has 4 nitrogen and oxygen atoms in total. The number of hydrogen-bond acceptors (Lipinski definition) is 2. The fourth-order valence-corrected chi connectivity index (χ4v) is 2.65. The molecule has 1 N–H and O–H groups in total. The average Bonchev–Trinajstić information content (AvgIpc) is 2.41. The van der Waals surface area contributed by atoms with E-state index in [0.717, 1.165) is 23.7 Å². The topological polar surface area (TPSA) is 49.4 Å². The van der Waals surface area contributed by atoms with E-state index in [2.05, 4.69) is 21.2 Å². The molecule has 1 aliphatic heterocycles. The predicted molar refractivity (Wildman–Crippen MR) is 77.8 cm³/mol. The van der Waals surface area contributed by atoms with Crippen LogP contribution in [0.25, 0.3) is 0 Å². The summed E-state index contributed by atoms with van der Waals surface area (Å²) in [5, 5.41) is 2.65. The molecule has 0 bridgehead atoms. The molecule has 1 aliphatic rings. The van der Waals surface area contributed by atoms with Crippen LogP contribution in [0.4, 0.5) is 5.69 Å². The number of para-hydroxylation sites is 1. The Morgan fingerprint density at radius 3 is 2.74 bits per heavy atom. The molecule has 0 spiro atoms. The van der Waals surface area contributed by atoms with Crippen molar-refractivity contribution >= 4 is 33.4 Å². The van der Waals surface area contributed by atoms with Crippen molar-refractivity contribution in [3.05, 3.63) is 28.7 Å². The minimum atomic E-state index is -0.569. The third kappa shape index (κ3) is 3.35. The van der Waals surface area contributed by atoms with Crippen molar-refractivity contribution < 1.29 is 9.59 Å². The number of nitrogens with zero attached hydrogens (tertiary/aromatic N) is 1. The minimum Gasteiger partial charge on any atom is -0.332 e. The van der Waals surface area contributed by atoms with Crippen LogP contribution in [-0.2, 0) is 9.59 Å². The second-order valence-corrected chi connectivity index (χ2v) is 5.63. The number of halogens is 1. The second-order valence-electron chi connectivity index (χ2n) is 4.78. The first-order valence-electron chi connectivity index (χ1n) is 6.46. The third-order valence-electron chi connectivity index (χ3n) is 3.38. The summed E-state index contributed by atoms with van der Waals surface area (Å²) in [5.74, 6) is -1.01. The van der Waals surface area contributed by atoms with E-state index in [0.29, 0.717) is 12.2 Å². The highest BCUT2D eigenvalue weighted by Crippen LogP contribution is 2.22. The Bertz CT molecular complexity index is 490. The summed E-state index contributed by atoms with van der Waals surface area (Å²) in [6, 6.07) is 7.40. The average molecular weight is 325 g/mol. The molecule has 0 aliphatic carbocycles. The lowest BCUT2D eigenvalue weighted by Gasteiger charge is -2.32. The van der Waals surface area contributed by atoms with Gasteiger partial charge in [-0.25, -0.2) is 0 Å². The second kappa shape index (κ2) is 6.19. The molecule has 19 heavy (non-hydrogen) atoms. The first-order chi connectivity index (χ1) is 9.09. The number of carbonyl (C=O) groups excluding carboxylic acids is 2. The van der Waals surface area contributed by atoms with E-state index in [-0.39, 0.29) is 6.04 Å². The van der Waals surface area contributed by atoms with E-state index in [1.54, 1.807) is 11.0 Å². The van der Waals surface area contributed by atoms with Gasteiger partial charge in [-0.1, -0.05) is 12.1 Å². The van der Waals surface area contributed by atoms with Gasteiger partial charge in [-0.15, -0.1) is 0 Å². The highest BCUT2D eigenvalue weighted by atomic mass is 79.9. The van der Waals surface area contributed by atoms with Gasteiger partial charge in [-0.3, -0.25) is 9.59 Å². The zero-order valence-electron chi connectivity index (χ0n) is 10.9. The number of amides is 2. The van der Waals surface area contributed by atoms with Crippen LogP contribution in [0, 0.1) is 0 Å². The highest BCUT2D eigenvalue weighted by molar-refractivity contribution is 9.10. The van der Waals surface area contributed by atoms with Gasteiger partial charge in [0.1, 0.15) is 0 Å². The first kappa shape index (κ1) is 14.1. The van der Waals surface area contributed by atoms with Crippen LogP contribution in [0.2, 0.25) is 0 Å². The largest absolute Gasteiger partial charge is 0.332 e.